The summed E-state index contributed by atoms with van der Waals surface area (Å²) in [5, 5.41) is 0. The molecule has 0 N–H and O–H groups in total. The van der Waals surface area contributed by atoms with E-state index in [0.29, 0.717) is 0 Å². The zero-order valence-electron chi connectivity index (χ0n) is 11.8. The van der Waals surface area contributed by atoms with Gasteiger partial charge in [0.25, 0.3) is 0 Å². The Morgan fingerprint density at radius 2 is 1.88 bits per heavy atom. The first-order valence-electron chi connectivity index (χ1n) is 6.80. The third-order valence-corrected chi connectivity index (χ3v) is 7.60. The average Bonchev–Trinajstić information content (AvgIpc) is 2.56. The van der Waals surface area contributed by atoms with Crippen LogP contribution < -0.4 is 0 Å². The van der Waals surface area contributed by atoms with E-state index in [1.165, 1.54) is 37.8 Å². The van der Waals surface area contributed by atoms with Gasteiger partial charge in [0.05, 0.1) is 0 Å². The molecule has 0 amide bonds. The molecule has 1 aromatic rings. The summed E-state index contributed by atoms with van der Waals surface area (Å²) >= 11 is 0. The molecule has 0 aliphatic heterocycles. The Morgan fingerprint density at radius 3 is 2.53 bits per heavy atom. The van der Waals surface area contributed by atoms with Crippen molar-refractivity contribution in [3.63, 3.8) is 0 Å². The van der Waals surface area contributed by atoms with Crippen molar-refractivity contribution in [1.29, 1.82) is 0 Å². The van der Waals surface area contributed by atoms with Gasteiger partial charge in [-0.3, -0.25) is 0 Å². The summed E-state index contributed by atoms with van der Waals surface area (Å²) in [6.45, 7) is 9.75. The number of fused-ring (bicyclic) bond motifs is 1. The molecule has 0 radical (unpaired) electrons. The second kappa shape index (κ2) is 5.95. The minimum Gasteiger partial charge on any atom is -0.198 e. The van der Waals surface area contributed by atoms with Gasteiger partial charge in [-0.2, -0.15) is 28.3 Å². The molecule has 17 heavy (non-hydrogen) atoms. The van der Waals surface area contributed by atoms with Crippen LogP contribution in [0.25, 0.3) is 0 Å². The van der Waals surface area contributed by atoms with Crippen molar-refractivity contribution in [2.24, 2.45) is 0 Å². The van der Waals surface area contributed by atoms with Gasteiger partial charge in [0, 0.05) is 29.8 Å². The molecular formula is C15H25SiTi-. The molecule has 0 unspecified atom stereocenters. The first-order chi connectivity index (χ1) is 7.53. The van der Waals surface area contributed by atoms with Gasteiger partial charge in [0.15, 0.2) is 0 Å². The van der Waals surface area contributed by atoms with E-state index in [-0.39, 0.29) is 21.7 Å². The van der Waals surface area contributed by atoms with Gasteiger partial charge in [-0.25, -0.2) is 0 Å². The van der Waals surface area contributed by atoms with E-state index >= 15 is 0 Å². The largest absolute Gasteiger partial charge is 0.198 e. The minimum absolute atomic E-state index is 0. The van der Waals surface area contributed by atoms with Crippen molar-refractivity contribution in [3.8, 4) is 0 Å². The summed E-state index contributed by atoms with van der Waals surface area (Å²) in [6, 6.07) is 5.31. The maximum atomic E-state index is 2.53. The van der Waals surface area contributed by atoms with Crippen LogP contribution in [0.1, 0.15) is 42.0 Å². The molecule has 0 nitrogen and oxygen atoms in total. The van der Waals surface area contributed by atoms with Gasteiger partial charge >= 0.3 is 0 Å². The van der Waals surface area contributed by atoms with Crippen molar-refractivity contribution < 1.29 is 21.7 Å². The van der Waals surface area contributed by atoms with E-state index in [9.17, 15) is 0 Å². The molecular weight excluding hydrogens is 256 g/mol. The molecule has 0 aromatic heterocycles. The summed E-state index contributed by atoms with van der Waals surface area (Å²) in [5.41, 5.74) is 6.75. The van der Waals surface area contributed by atoms with Crippen LogP contribution in [0, 0.1) is 6.92 Å². The molecule has 1 aromatic carbocycles. The predicted octanol–water partition coefficient (Wildman–Crippen LogP) is 4.40. The molecule has 0 saturated heterocycles. The van der Waals surface area contributed by atoms with E-state index in [4.69, 9.17) is 0 Å². The SMILES string of the molecule is CC[Si](C)(C)C[c-]1cc(C)c2c1CCCC2.[Ti]. The number of hydrogen-bond donors (Lipinski definition) is 0. The summed E-state index contributed by atoms with van der Waals surface area (Å²) in [6.07, 6.45) is 5.52. The fourth-order valence-corrected chi connectivity index (χ4v) is 4.53. The third-order valence-electron chi connectivity index (χ3n) is 4.35. The quantitative estimate of drug-likeness (QED) is 0.569. The number of rotatable bonds is 3. The predicted molar refractivity (Wildman–Crippen MR) is 75.1 cm³/mol. The Kier molecular flexibility index (Phi) is 5.37. The van der Waals surface area contributed by atoms with Crippen LogP contribution in [-0.4, -0.2) is 8.07 Å². The Labute approximate surface area is 122 Å². The van der Waals surface area contributed by atoms with Gasteiger partial charge in [0.2, 0.25) is 0 Å². The zero-order valence-corrected chi connectivity index (χ0v) is 14.4. The van der Waals surface area contributed by atoms with Gasteiger partial charge in [-0.15, -0.1) is 0 Å². The van der Waals surface area contributed by atoms with Crippen LogP contribution >= 0.6 is 0 Å². The van der Waals surface area contributed by atoms with Gasteiger partial charge in [-0.1, -0.05) is 64.7 Å². The van der Waals surface area contributed by atoms with E-state index in [2.05, 4.69) is 33.0 Å². The summed E-state index contributed by atoms with van der Waals surface area (Å²) < 4.78 is 0. The van der Waals surface area contributed by atoms with Crippen molar-refractivity contribution in [1.82, 2.24) is 0 Å². The van der Waals surface area contributed by atoms with Crippen molar-refractivity contribution in [3.05, 3.63) is 28.3 Å². The second-order valence-corrected chi connectivity index (χ2v) is 11.6. The number of hydrogen-bond acceptors (Lipinski definition) is 0. The topological polar surface area (TPSA) is 0 Å². The monoisotopic (exact) mass is 281 g/mol. The van der Waals surface area contributed by atoms with E-state index in [1.54, 1.807) is 22.3 Å². The summed E-state index contributed by atoms with van der Waals surface area (Å²) in [5.74, 6) is 0. The molecule has 0 atom stereocenters. The van der Waals surface area contributed by atoms with E-state index in [0.717, 1.165) is 0 Å². The minimum atomic E-state index is -0.964. The fourth-order valence-electron chi connectivity index (χ4n) is 2.93. The Hall–Kier alpha value is 0.281. The molecule has 1 aliphatic carbocycles. The smallest absolute Gasteiger partial charge is 0.0400 e. The van der Waals surface area contributed by atoms with Gasteiger partial charge < -0.3 is 0 Å². The van der Waals surface area contributed by atoms with Gasteiger partial charge in [0.1, 0.15) is 0 Å². The average molecular weight is 281 g/mol. The van der Waals surface area contributed by atoms with Gasteiger partial charge in [-0.05, 0) is 0 Å². The molecule has 2 heteroatoms. The number of aryl methyl sites for hydroxylation is 1. The van der Waals surface area contributed by atoms with E-state index < -0.39 is 8.07 Å². The normalized spacial score (nSPS) is 15.3. The molecule has 0 bridgehead atoms. The van der Waals surface area contributed by atoms with Crippen molar-refractivity contribution in [2.75, 3.05) is 0 Å². The Morgan fingerprint density at radius 1 is 1.24 bits per heavy atom. The molecule has 0 heterocycles. The first kappa shape index (κ1) is 15.3. The Bertz CT molecular complexity index is 377. The zero-order chi connectivity index (χ0) is 11.8. The van der Waals surface area contributed by atoms with Crippen molar-refractivity contribution in [2.45, 2.75) is 64.7 Å². The third kappa shape index (κ3) is 3.39. The fraction of sp³-hybridized carbons (Fsp3) is 0.667. The first-order valence-corrected chi connectivity index (χ1v) is 10.2. The van der Waals surface area contributed by atoms with Crippen LogP contribution in [0.3, 0.4) is 0 Å². The standard InChI is InChI=1S/C15H25Si.Ti/c1-5-16(3,4)11-13-10-12(2)14-8-6-7-9-15(13)14;/h10H,5-9,11H2,1-4H3;/q-1;. The molecule has 94 valence electrons. The Balaban J connectivity index is 0.00000144. The van der Waals surface area contributed by atoms with Crippen LogP contribution in [0.2, 0.25) is 19.1 Å². The van der Waals surface area contributed by atoms with E-state index in [1.807, 2.05) is 0 Å². The summed E-state index contributed by atoms with van der Waals surface area (Å²) in [7, 11) is -0.964. The molecule has 2 rings (SSSR count). The molecule has 0 saturated carbocycles. The second-order valence-electron chi connectivity index (χ2n) is 6.21. The maximum absolute atomic E-state index is 2.53. The molecule has 0 spiro atoms. The van der Waals surface area contributed by atoms with Crippen molar-refractivity contribution >= 4 is 8.07 Å². The van der Waals surface area contributed by atoms with Crippen LogP contribution in [0.5, 0.6) is 0 Å². The van der Waals surface area contributed by atoms with Crippen LogP contribution in [0.4, 0.5) is 0 Å². The van der Waals surface area contributed by atoms with Crippen LogP contribution in [0.15, 0.2) is 6.07 Å². The summed E-state index contributed by atoms with van der Waals surface area (Å²) in [4.78, 5) is 0. The van der Waals surface area contributed by atoms with Crippen LogP contribution in [-0.2, 0) is 40.6 Å². The maximum Gasteiger partial charge on any atom is 0.0400 e. The molecule has 1 aliphatic rings. The molecule has 0 fully saturated rings.